The molecule has 2 rings (SSSR count). The number of piperidine rings is 1. The molecule has 0 aromatic heterocycles. The first kappa shape index (κ1) is 15.4. The van der Waals surface area contributed by atoms with Crippen molar-refractivity contribution >= 4 is 0 Å². The second-order valence-corrected chi connectivity index (χ2v) is 5.59. The summed E-state index contributed by atoms with van der Waals surface area (Å²) < 4.78 is 26.5. The Hall–Kier alpha value is -1.04. The molecule has 0 radical (unpaired) electrons. The fraction of sp³-hybridized carbons (Fsp3) is 0.600. The van der Waals surface area contributed by atoms with Gasteiger partial charge < -0.3 is 15.3 Å². The second kappa shape index (κ2) is 7.11. The molecule has 1 aromatic carbocycles. The van der Waals surface area contributed by atoms with E-state index in [-0.39, 0.29) is 12.1 Å². The molecule has 0 aliphatic carbocycles. The first-order valence-corrected chi connectivity index (χ1v) is 7.08. The van der Waals surface area contributed by atoms with Crippen LogP contribution in [0.25, 0.3) is 0 Å². The summed E-state index contributed by atoms with van der Waals surface area (Å²) in [4.78, 5) is 2.30. The van der Waals surface area contributed by atoms with Crippen LogP contribution in [0.3, 0.4) is 0 Å². The molecule has 0 bridgehead atoms. The van der Waals surface area contributed by atoms with Crippen molar-refractivity contribution in [2.45, 2.75) is 18.9 Å². The van der Waals surface area contributed by atoms with Crippen LogP contribution in [0.4, 0.5) is 8.78 Å². The van der Waals surface area contributed by atoms with E-state index in [1.807, 2.05) is 0 Å². The van der Waals surface area contributed by atoms with Crippen LogP contribution in [-0.4, -0.2) is 43.2 Å². The summed E-state index contributed by atoms with van der Waals surface area (Å²) in [5, 5.41) is 13.1. The summed E-state index contributed by atoms with van der Waals surface area (Å²) in [5.74, 6) is -0.508. The van der Waals surface area contributed by atoms with Crippen molar-refractivity contribution in [2.75, 3.05) is 33.2 Å². The highest BCUT2D eigenvalue weighted by molar-refractivity contribution is 5.21. The minimum atomic E-state index is -1.02. The third kappa shape index (κ3) is 4.23. The van der Waals surface area contributed by atoms with Crippen LogP contribution in [-0.2, 0) is 0 Å². The predicted molar refractivity (Wildman–Crippen MR) is 74.4 cm³/mol. The molecule has 1 atom stereocenters. The zero-order valence-electron chi connectivity index (χ0n) is 11.8. The van der Waals surface area contributed by atoms with Crippen LogP contribution in [0.5, 0.6) is 0 Å². The molecule has 1 aromatic rings. The lowest BCUT2D eigenvalue weighted by Crippen LogP contribution is -2.36. The first-order valence-electron chi connectivity index (χ1n) is 7.08. The Balaban J connectivity index is 1.77. The number of benzene rings is 1. The van der Waals surface area contributed by atoms with Crippen LogP contribution < -0.4 is 5.32 Å². The SMILES string of the molecule is CN1CCC(CNCC(O)c2cc(F)ccc2F)CC1. The fourth-order valence-electron chi connectivity index (χ4n) is 2.57. The van der Waals surface area contributed by atoms with Gasteiger partial charge in [0, 0.05) is 12.1 Å². The molecule has 112 valence electrons. The van der Waals surface area contributed by atoms with Crippen LogP contribution in [0.2, 0.25) is 0 Å². The second-order valence-electron chi connectivity index (χ2n) is 5.59. The number of aliphatic hydroxyl groups excluding tert-OH is 1. The van der Waals surface area contributed by atoms with Gasteiger partial charge in [-0.25, -0.2) is 8.78 Å². The summed E-state index contributed by atoms with van der Waals surface area (Å²) in [6, 6.07) is 3.15. The topological polar surface area (TPSA) is 35.5 Å². The Labute approximate surface area is 118 Å². The van der Waals surface area contributed by atoms with Gasteiger partial charge in [-0.05, 0) is 63.6 Å². The third-order valence-electron chi connectivity index (χ3n) is 3.93. The van der Waals surface area contributed by atoms with E-state index in [1.54, 1.807) is 0 Å². The van der Waals surface area contributed by atoms with Gasteiger partial charge in [0.05, 0.1) is 6.10 Å². The Morgan fingerprint density at radius 1 is 1.35 bits per heavy atom. The van der Waals surface area contributed by atoms with Gasteiger partial charge >= 0.3 is 0 Å². The molecule has 0 saturated carbocycles. The van der Waals surface area contributed by atoms with Crippen molar-refractivity contribution in [3.05, 3.63) is 35.4 Å². The predicted octanol–water partition coefficient (Wildman–Crippen LogP) is 1.93. The molecule has 1 heterocycles. The van der Waals surface area contributed by atoms with Crippen molar-refractivity contribution in [3.8, 4) is 0 Å². The number of aliphatic hydroxyl groups is 1. The number of nitrogens with zero attached hydrogens (tertiary/aromatic N) is 1. The van der Waals surface area contributed by atoms with Crippen molar-refractivity contribution in [1.82, 2.24) is 10.2 Å². The zero-order chi connectivity index (χ0) is 14.5. The van der Waals surface area contributed by atoms with Gasteiger partial charge in [-0.2, -0.15) is 0 Å². The summed E-state index contributed by atoms with van der Waals surface area (Å²) >= 11 is 0. The number of halogens is 2. The average molecular weight is 284 g/mol. The summed E-state index contributed by atoms with van der Waals surface area (Å²) in [6.07, 6.45) is 1.25. The van der Waals surface area contributed by atoms with E-state index in [9.17, 15) is 13.9 Å². The molecule has 0 spiro atoms. The lowest BCUT2D eigenvalue weighted by Gasteiger charge is -2.29. The molecule has 1 aliphatic heterocycles. The Bertz CT molecular complexity index is 434. The Kier molecular flexibility index (Phi) is 5.46. The molecular weight excluding hydrogens is 262 g/mol. The van der Waals surface area contributed by atoms with Crippen LogP contribution in [0, 0.1) is 17.6 Å². The number of nitrogens with one attached hydrogen (secondary N) is 1. The van der Waals surface area contributed by atoms with Crippen molar-refractivity contribution in [1.29, 1.82) is 0 Å². The van der Waals surface area contributed by atoms with Crippen LogP contribution in [0.1, 0.15) is 24.5 Å². The summed E-state index contributed by atoms with van der Waals surface area (Å²) in [6.45, 7) is 3.23. The van der Waals surface area contributed by atoms with E-state index in [2.05, 4.69) is 17.3 Å². The average Bonchev–Trinajstić information content (AvgIpc) is 2.43. The van der Waals surface area contributed by atoms with Gasteiger partial charge in [0.15, 0.2) is 0 Å². The maximum atomic E-state index is 13.5. The van der Waals surface area contributed by atoms with E-state index < -0.39 is 17.7 Å². The minimum absolute atomic E-state index is 0.0147. The third-order valence-corrected chi connectivity index (χ3v) is 3.93. The maximum absolute atomic E-state index is 13.5. The number of hydrogen-bond acceptors (Lipinski definition) is 3. The maximum Gasteiger partial charge on any atom is 0.129 e. The highest BCUT2D eigenvalue weighted by atomic mass is 19.1. The van der Waals surface area contributed by atoms with E-state index in [0.29, 0.717) is 5.92 Å². The summed E-state index contributed by atoms with van der Waals surface area (Å²) in [7, 11) is 2.11. The Morgan fingerprint density at radius 2 is 2.05 bits per heavy atom. The summed E-state index contributed by atoms with van der Waals surface area (Å²) in [5.41, 5.74) is 0.0147. The molecule has 1 fully saturated rings. The van der Waals surface area contributed by atoms with Gasteiger partial charge in [-0.3, -0.25) is 0 Å². The Morgan fingerprint density at radius 3 is 2.75 bits per heavy atom. The van der Waals surface area contributed by atoms with E-state index in [0.717, 1.165) is 50.7 Å². The smallest absolute Gasteiger partial charge is 0.129 e. The molecule has 5 heteroatoms. The lowest BCUT2D eigenvalue weighted by molar-refractivity contribution is 0.161. The van der Waals surface area contributed by atoms with Gasteiger partial charge in [0.2, 0.25) is 0 Å². The van der Waals surface area contributed by atoms with Crippen LogP contribution >= 0.6 is 0 Å². The fourth-order valence-corrected chi connectivity index (χ4v) is 2.57. The minimum Gasteiger partial charge on any atom is -0.387 e. The molecule has 1 unspecified atom stereocenters. The van der Waals surface area contributed by atoms with E-state index >= 15 is 0 Å². The highest BCUT2D eigenvalue weighted by Crippen LogP contribution is 2.18. The van der Waals surface area contributed by atoms with Crippen molar-refractivity contribution in [3.63, 3.8) is 0 Å². The van der Waals surface area contributed by atoms with E-state index in [1.165, 1.54) is 0 Å². The van der Waals surface area contributed by atoms with Crippen molar-refractivity contribution < 1.29 is 13.9 Å². The molecule has 1 aliphatic rings. The van der Waals surface area contributed by atoms with Gasteiger partial charge in [-0.15, -0.1) is 0 Å². The normalized spacial score (nSPS) is 19.2. The molecule has 1 saturated heterocycles. The van der Waals surface area contributed by atoms with Gasteiger partial charge in [0.1, 0.15) is 11.6 Å². The zero-order valence-corrected chi connectivity index (χ0v) is 11.8. The van der Waals surface area contributed by atoms with Gasteiger partial charge in [0.25, 0.3) is 0 Å². The number of rotatable bonds is 5. The molecular formula is C15H22F2N2O. The standard InChI is InChI=1S/C15H22F2N2O/c1-19-6-4-11(5-7-19)9-18-10-15(20)13-8-12(16)2-3-14(13)17/h2-3,8,11,15,18,20H,4-7,9-10H2,1H3. The number of likely N-dealkylation sites (tertiary alicyclic amines) is 1. The lowest BCUT2D eigenvalue weighted by atomic mass is 9.97. The molecule has 20 heavy (non-hydrogen) atoms. The molecule has 0 amide bonds. The first-order chi connectivity index (χ1) is 9.56. The highest BCUT2D eigenvalue weighted by Gasteiger charge is 2.18. The van der Waals surface area contributed by atoms with Gasteiger partial charge in [-0.1, -0.05) is 0 Å². The van der Waals surface area contributed by atoms with Crippen molar-refractivity contribution in [2.24, 2.45) is 5.92 Å². The van der Waals surface area contributed by atoms with Crippen LogP contribution in [0.15, 0.2) is 18.2 Å². The molecule has 3 nitrogen and oxygen atoms in total. The largest absolute Gasteiger partial charge is 0.387 e. The van der Waals surface area contributed by atoms with E-state index in [4.69, 9.17) is 0 Å². The molecule has 2 N–H and O–H groups in total. The number of hydrogen-bond donors (Lipinski definition) is 2. The monoisotopic (exact) mass is 284 g/mol. The quantitative estimate of drug-likeness (QED) is 0.867.